The lowest BCUT2D eigenvalue weighted by Gasteiger charge is -2.33. The van der Waals surface area contributed by atoms with E-state index in [0.717, 1.165) is 36.8 Å². The fraction of sp³-hybridized carbons (Fsp3) is 0.556. The first kappa shape index (κ1) is 16.5. The number of aliphatic carboxylic acids is 1. The molecule has 2 aliphatic rings. The molecule has 3 atom stereocenters. The zero-order valence-electron chi connectivity index (χ0n) is 13.1. The van der Waals surface area contributed by atoms with Crippen molar-refractivity contribution >= 4 is 27.8 Å². The van der Waals surface area contributed by atoms with E-state index < -0.39 is 5.97 Å². The first-order valence-corrected chi connectivity index (χ1v) is 9.10. The maximum Gasteiger partial charge on any atom is 0.303 e. The maximum atomic E-state index is 12.7. The molecule has 0 radical (unpaired) electrons. The van der Waals surface area contributed by atoms with E-state index in [1.165, 1.54) is 5.56 Å². The molecular formula is C18H22BrNO3. The average Bonchev–Trinajstić information content (AvgIpc) is 3.33. The number of likely N-dealkylation sites (tertiary alicyclic amines) is 1. The van der Waals surface area contributed by atoms with Crippen LogP contribution < -0.4 is 0 Å². The lowest BCUT2D eigenvalue weighted by molar-refractivity contribution is -0.137. The van der Waals surface area contributed by atoms with Crippen molar-refractivity contribution in [1.82, 2.24) is 4.90 Å². The van der Waals surface area contributed by atoms with Crippen molar-refractivity contribution in [2.45, 2.75) is 38.0 Å². The highest BCUT2D eigenvalue weighted by atomic mass is 79.9. The van der Waals surface area contributed by atoms with Crippen LogP contribution in [0.4, 0.5) is 0 Å². The van der Waals surface area contributed by atoms with Gasteiger partial charge in [-0.3, -0.25) is 9.59 Å². The van der Waals surface area contributed by atoms with Crippen molar-refractivity contribution in [2.75, 3.05) is 13.1 Å². The van der Waals surface area contributed by atoms with Gasteiger partial charge in [0.05, 0.1) is 0 Å². The zero-order chi connectivity index (χ0) is 16.4. The van der Waals surface area contributed by atoms with Gasteiger partial charge in [0.1, 0.15) is 0 Å². The first-order chi connectivity index (χ1) is 11.0. The largest absolute Gasteiger partial charge is 0.481 e. The van der Waals surface area contributed by atoms with Gasteiger partial charge in [0.25, 0.3) is 0 Å². The predicted octanol–water partition coefficient (Wildman–Crippen LogP) is 3.66. The van der Waals surface area contributed by atoms with Gasteiger partial charge >= 0.3 is 5.97 Å². The molecule has 1 aromatic carbocycles. The summed E-state index contributed by atoms with van der Waals surface area (Å²) in [7, 11) is 0. The average molecular weight is 380 g/mol. The fourth-order valence-electron chi connectivity index (χ4n) is 3.64. The molecule has 0 spiro atoms. The minimum absolute atomic E-state index is 0.113. The molecule has 1 N–H and O–H groups in total. The monoisotopic (exact) mass is 379 g/mol. The molecule has 5 heteroatoms. The Hall–Kier alpha value is -1.36. The molecule has 1 aliphatic heterocycles. The minimum Gasteiger partial charge on any atom is -0.481 e. The standard InChI is InChI=1S/C18H22BrNO3/c19-14-5-1-4-13(9-14)15-10-16(15)18(23)20-8-2-3-12(11-20)6-7-17(21)22/h1,4-5,9,12,15-16H,2-3,6-8,10-11H2,(H,21,22)/t12-,15+,16+/m0/s1. The SMILES string of the molecule is O=C(O)CC[C@@H]1CCCN(C(=O)[C@@H]2C[C@@H]2c2cccc(Br)c2)C1. The van der Waals surface area contributed by atoms with Gasteiger partial charge < -0.3 is 10.0 Å². The molecule has 1 aliphatic carbocycles. The van der Waals surface area contributed by atoms with Crippen LogP contribution in [0, 0.1) is 11.8 Å². The molecule has 1 saturated heterocycles. The van der Waals surface area contributed by atoms with Gasteiger partial charge in [-0.05, 0) is 55.2 Å². The summed E-state index contributed by atoms with van der Waals surface area (Å²) in [5.41, 5.74) is 1.23. The van der Waals surface area contributed by atoms with Crippen molar-refractivity contribution < 1.29 is 14.7 Å². The summed E-state index contributed by atoms with van der Waals surface area (Å²) < 4.78 is 1.06. The Morgan fingerprint density at radius 1 is 1.35 bits per heavy atom. The Bertz CT molecular complexity index is 604. The number of halogens is 1. The molecule has 0 unspecified atom stereocenters. The Labute approximate surface area is 145 Å². The quantitative estimate of drug-likeness (QED) is 0.848. The van der Waals surface area contributed by atoms with E-state index in [1.807, 2.05) is 17.0 Å². The van der Waals surface area contributed by atoms with E-state index in [2.05, 4.69) is 28.1 Å². The number of rotatable bonds is 5. The van der Waals surface area contributed by atoms with Crippen LogP contribution in [0.15, 0.2) is 28.7 Å². The van der Waals surface area contributed by atoms with E-state index in [-0.39, 0.29) is 18.2 Å². The third-order valence-corrected chi connectivity index (χ3v) is 5.47. The summed E-state index contributed by atoms with van der Waals surface area (Å²) in [4.78, 5) is 25.4. The molecule has 1 heterocycles. The van der Waals surface area contributed by atoms with Crippen LogP contribution in [0.2, 0.25) is 0 Å². The fourth-order valence-corrected chi connectivity index (χ4v) is 4.05. The first-order valence-electron chi connectivity index (χ1n) is 8.30. The lowest BCUT2D eigenvalue weighted by atomic mass is 9.93. The third-order valence-electron chi connectivity index (χ3n) is 4.98. The second kappa shape index (κ2) is 7.04. The van der Waals surface area contributed by atoms with E-state index in [1.54, 1.807) is 0 Å². The second-order valence-corrected chi connectivity index (χ2v) is 7.64. The van der Waals surface area contributed by atoms with E-state index >= 15 is 0 Å². The topological polar surface area (TPSA) is 57.6 Å². The van der Waals surface area contributed by atoms with Crippen LogP contribution >= 0.6 is 15.9 Å². The zero-order valence-corrected chi connectivity index (χ0v) is 14.7. The van der Waals surface area contributed by atoms with Crippen molar-refractivity contribution in [2.24, 2.45) is 11.8 Å². The van der Waals surface area contributed by atoms with Gasteiger partial charge in [-0.1, -0.05) is 28.1 Å². The maximum absolute atomic E-state index is 12.7. The molecule has 1 amide bonds. The van der Waals surface area contributed by atoms with Gasteiger partial charge in [-0.2, -0.15) is 0 Å². The Balaban J connectivity index is 1.55. The number of hydrogen-bond donors (Lipinski definition) is 1. The predicted molar refractivity (Wildman–Crippen MR) is 91.2 cm³/mol. The number of carbonyl (C=O) groups is 2. The smallest absolute Gasteiger partial charge is 0.303 e. The van der Waals surface area contributed by atoms with Gasteiger partial charge in [-0.25, -0.2) is 0 Å². The van der Waals surface area contributed by atoms with Crippen LogP contribution in [0.5, 0.6) is 0 Å². The van der Waals surface area contributed by atoms with Gasteiger partial charge in [-0.15, -0.1) is 0 Å². The van der Waals surface area contributed by atoms with Gasteiger partial charge in [0.15, 0.2) is 0 Å². The van der Waals surface area contributed by atoms with E-state index in [4.69, 9.17) is 5.11 Å². The van der Waals surface area contributed by atoms with Gasteiger partial charge in [0, 0.05) is 29.9 Å². The highest BCUT2D eigenvalue weighted by Crippen LogP contribution is 2.49. The van der Waals surface area contributed by atoms with Crippen molar-refractivity contribution in [3.8, 4) is 0 Å². The summed E-state index contributed by atoms with van der Waals surface area (Å²) in [6.45, 7) is 1.55. The number of carbonyl (C=O) groups excluding carboxylic acids is 1. The molecule has 4 nitrogen and oxygen atoms in total. The van der Waals surface area contributed by atoms with Crippen LogP contribution in [-0.2, 0) is 9.59 Å². The van der Waals surface area contributed by atoms with Crippen LogP contribution in [-0.4, -0.2) is 35.0 Å². The van der Waals surface area contributed by atoms with E-state index in [0.29, 0.717) is 18.3 Å². The summed E-state index contributed by atoms with van der Waals surface area (Å²) >= 11 is 3.49. The summed E-state index contributed by atoms with van der Waals surface area (Å²) in [5, 5.41) is 8.82. The molecule has 2 fully saturated rings. The summed E-state index contributed by atoms with van der Waals surface area (Å²) in [5.74, 6) is 0.314. The number of nitrogens with zero attached hydrogens (tertiary/aromatic N) is 1. The van der Waals surface area contributed by atoms with E-state index in [9.17, 15) is 9.59 Å². The molecular weight excluding hydrogens is 358 g/mol. The highest BCUT2D eigenvalue weighted by molar-refractivity contribution is 9.10. The van der Waals surface area contributed by atoms with Crippen LogP contribution in [0.3, 0.4) is 0 Å². The normalized spacial score (nSPS) is 26.8. The molecule has 0 aromatic heterocycles. The molecule has 0 bridgehead atoms. The Kier molecular flexibility index (Phi) is 5.05. The summed E-state index contributed by atoms with van der Waals surface area (Å²) in [6.07, 6.45) is 3.85. The molecule has 124 valence electrons. The number of carboxylic acid groups (broad SMARTS) is 1. The summed E-state index contributed by atoms with van der Waals surface area (Å²) in [6, 6.07) is 8.21. The molecule has 3 rings (SSSR count). The molecule has 1 saturated carbocycles. The second-order valence-electron chi connectivity index (χ2n) is 6.73. The van der Waals surface area contributed by atoms with Gasteiger partial charge in [0.2, 0.25) is 5.91 Å². The van der Waals surface area contributed by atoms with Crippen molar-refractivity contribution in [3.63, 3.8) is 0 Å². The number of hydrogen-bond acceptors (Lipinski definition) is 2. The lowest BCUT2D eigenvalue weighted by Crippen LogP contribution is -2.41. The number of piperidine rings is 1. The Morgan fingerprint density at radius 3 is 2.91 bits per heavy atom. The highest BCUT2D eigenvalue weighted by Gasteiger charge is 2.46. The van der Waals surface area contributed by atoms with Crippen molar-refractivity contribution in [1.29, 1.82) is 0 Å². The number of amides is 1. The third kappa shape index (κ3) is 4.14. The van der Waals surface area contributed by atoms with Crippen LogP contribution in [0.25, 0.3) is 0 Å². The number of carboxylic acids is 1. The molecule has 1 aromatic rings. The van der Waals surface area contributed by atoms with Crippen LogP contribution in [0.1, 0.15) is 43.6 Å². The number of benzene rings is 1. The minimum atomic E-state index is -0.745. The molecule has 23 heavy (non-hydrogen) atoms. The Morgan fingerprint density at radius 2 is 2.17 bits per heavy atom. The van der Waals surface area contributed by atoms with Crippen molar-refractivity contribution in [3.05, 3.63) is 34.3 Å².